The summed E-state index contributed by atoms with van der Waals surface area (Å²) in [6.07, 6.45) is 2.43. The molecule has 2 N–H and O–H groups in total. The fraction of sp³-hybridized carbons (Fsp3) is 0.467. The maximum absolute atomic E-state index is 11.7. The lowest BCUT2D eigenvalue weighted by molar-refractivity contribution is -0.166. The maximum atomic E-state index is 11.7. The fourth-order valence-corrected chi connectivity index (χ4v) is 2.26. The molecule has 1 aromatic rings. The Balaban J connectivity index is 1.80. The zero-order valence-electron chi connectivity index (χ0n) is 11.5. The Morgan fingerprint density at radius 2 is 1.85 bits per heavy atom. The molecule has 5 nitrogen and oxygen atoms in total. The van der Waals surface area contributed by atoms with Crippen molar-refractivity contribution < 1.29 is 19.4 Å². The third-order valence-corrected chi connectivity index (χ3v) is 3.48. The molecule has 0 radical (unpaired) electrons. The third-order valence-electron chi connectivity index (χ3n) is 3.48. The molecule has 5 heteroatoms. The van der Waals surface area contributed by atoms with E-state index in [1.54, 1.807) is 12.1 Å². The van der Waals surface area contributed by atoms with Gasteiger partial charge in [0.25, 0.3) is 5.91 Å². The smallest absolute Gasteiger partial charge is 0.338 e. The third kappa shape index (κ3) is 3.57. The highest BCUT2D eigenvalue weighted by molar-refractivity contribution is 5.93. The number of carbonyl (C=O) groups excluding carboxylic acids is 2. The van der Waals surface area contributed by atoms with Crippen LogP contribution in [0.1, 0.15) is 31.2 Å². The number of anilines is 1. The number of carbonyl (C=O) groups is 2. The Morgan fingerprint density at radius 3 is 2.45 bits per heavy atom. The van der Waals surface area contributed by atoms with E-state index in [9.17, 15) is 14.7 Å². The van der Waals surface area contributed by atoms with Crippen LogP contribution in [0, 0.1) is 6.92 Å². The van der Waals surface area contributed by atoms with E-state index in [0.717, 1.165) is 18.4 Å². The van der Waals surface area contributed by atoms with Crippen molar-refractivity contribution in [3.8, 4) is 0 Å². The summed E-state index contributed by atoms with van der Waals surface area (Å²) < 4.78 is 4.89. The van der Waals surface area contributed by atoms with Crippen LogP contribution in [0.3, 0.4) is 0 Å². The van der Waals surface area contributed by atoms with Gasteiger partial charge in [0.15, 0.2) is 12.2 Å². The van der Waals surface area contributed by atoms with Crippen LogP contribution in [-0.2, 0) is 14.3 Å². The Labute approximate surface area is 117 Å². The van der Waals surface area contributed by atoms with Crippen LogP contribution in [0.4, 0.5) is 5.69 Å². The van der Waals surface area contributed by atoms with E-state index in [-0.39, 0.29) is 6.61 Å². The van der Waals surface area contributed by atoms with Gasteiger partial charge in [0.1, 0.15) is 0 Å². The normalized spacial score (nSPS) is 16.7. The summed E-state index contributed by atoms with van der Waals surface area (Å²) in [5, 5.41) is 12.6. The molecule has 0 spiro atoms. The first-order valence-electron chi connectivity index (χ1n) is 6.76. The van der Waals surface area contributed by atoms with E-state index in [1.807, 2.05) is 19.1 Å². The van der Waals surface area contributed by atoms with Gasteiger partial charge in [-0.3, -0.25) is 4.79 Å². The monoisotopic (exact) mass is 277 g/mol. The van der Waals surface area contributed by atoms with Gasteiger partial charge >= 0.3 is 5.97 Å². The lowest BCUT2D eigenvalue weighted by Crippen LogP contribution is -2.38. The molecule has 1 aliphatic rings. The molecule has 0 heterocycles. The molecule has 1 saturated carbocycles. The number of benzene rings is 1. The number of rotatable bonds is 4. The molecule has 108 valence electrons. The fourth-order valence-electron chi connectivity index (χ4n) is 2.26. The SMILES string of the molecule is Cc1ccc(NC(=O)COC(=O)C2(O)CCCC2)cc1. The van der Waals surface area contributed by atoms with Gasteiger partial charge in [-0.25, -0.2) is 4.79 Å². The Morgan fingerprint density at radius 1 is 1.25 bits per heavy atom. The molecule has 1 amide bonds. The molecule has 1 aromatic carbocycles. The summed E-state index contributed by atoms with van der Waals surface area (Å²) in [4.78, 5) is 23.4. The van der Waals surface area contributed by atoms with E-state index >= 15 is 0 Å². The summed E-state index contributed by atoms with van der Waals surface area (Å²) in [7, 11) is 0. The highest BCUT2D eigenvalue weighted by atomic mass is 16.6. The topological polar surface area (TPSA) is 75.6 Å². The molecule has 1 aliphatic carbocycles. The van der Waals surface area contributed by atoms with Crippen molar-refractivity contribution >= 4 is 17.6 Å². The first kappa shape index (κ1) is 14.5. The van der Waals surface area contributed by atoms with Crippen molar-refractivity contribution in [3.05, 3.63) is 29.8 Å². The molecule has 1 fully saturated rings. The van der Waals surface area contributed by atoms with Crippen molar-refractivity contribution in [2.75, 3.05) is 11.9 Å². The van der Waals surface area contributed by atoms with Crippen molar-refractivity contribution in [1.29, 1.82) is 0 Å². The number of aliphatic hydroxyl groups is 1. The highest BCUT2D eigenvalue weighted by Gasteiger charge is 2.40. The number of hydrogen-bond donors (Lipinski definition) is 2. The minimum Gasteiger partial charge on any atom is -0.453 e. The average molecular weight is 277 g/mol. The molecule has 0 aromatic heterocycles. The number of nitrogens with one attached hydrogen (secondary N) is 1. The van der Waals surface area contributed by atoms with Crippen molar-refractivity contribution in [2.45, 2.75) is 38.2 Å². The molecular weight excluding hydrogens is 258 g/mol. The summed E-state index contributed by atoms with van der Waals surface area (Å²) in [6.45, 7) is 1.57. The van der Waals surface area contributed by atoms with Crippen LogP contribution in [0.5, 0.6) is 0 Å². The van der Waals surface area contributed by atoms with Gasteiger partial charge < -0.3 is 15.2 Å². The summed E-state index contributed by atoms with van der Waals surface area (Å²) in [5.74, 6) is -1.11. The maximum Gasteiger partial charge on any atom is 0.338 e. The van der Waals surface area contributed by atoms with E-state index < -0.39 is 17.5 Å². The molecule has 2 rings (SSSR count). The van der Waals surface area contributed by atoms with Crippen LogP contribution >= 0.6 is 0 Å². The van der Waals surface area contributed by atoms with Crippen LogP contribution in [0.2, 0.25) is 0 Å². The second kappa shape index (κ2) is 6.05. The predicted octanol–water partition coefficient (Wildman–Crippen LogP) is 1.78. The number of amides is 1. The lowest BCUT2D eigenvalue weighted by Gasteiger charge is -2.19. The van der Waals surface area contributed by atoms with E-state index in [4.69, 9.17) is 4.74 Å². The summed E-state index contributed by atoms with van der Waals surface area (Å²) >= 11 is 0. The molecule has 20 heavy (non-hydrogen) atoms. The predicted molar refractivity (Wildman–Crippen MR) is 74.2 cm³/mol. The number of aryl methyl sites for hydroxylation is 1. The molecular formula is C15H19NO4. The van der Waals surface area contributed by atoms with Crippen LogP contribution < -0.4 is 5.32 Å². The van der Waals surface area contributed by atoms with Crippen molar-refractivity contribution in [2.24, 2.45) is 0 Å². The van der Waals surface area contributed by atoms with Gasteiger partial charge in [0.05, 0.1) is 0 Å². The zero-order chi connectivity index (χ0) is 14.6. The zero-order valence-corrected chi connectivity index (χ0v) is 11.5. The van der Waals surface area contributed by atoms with Crippen LogP contribution in [0.15, 0.2) is 24.3 Å². The van der Waals surface area contributed by atoms with Gasteiger partial charge in [-0.05, 0) is 44.7 Å². The molecule has 0 aliphatic heterocycles. The summed E-state index contributed by atoms with van der Waals surface area (Å²) in [6, 6.07) is 7.31. The second-order valence-electron chi connectivity index (χ2n) is 5.23. The first-order valence-corrected chi connectivity index (χ1v) is 6.76. The van der Waals surface area contributed by atoms with Gasteiger partial charge in [0.2, 0.25) is 0 Å². The van der Waals surface area contributed by atoms with E-state index in [1.165, 1.54) is 0 Å². The summed E-state index contributed by atoms with van der Waals surface area (Å²) in [5.41, 5.74) is 0.346. The van der Waals surface area contributed by atoms with Gasteiger partial charge in [0, 0.05) is 5.69 Å². The van der Waals surface area contributed by atoms with Gasteiger partial charge in [-0.15, -0.1) is 0 Å². The van der Waals surface area contributed by atoms with Crippen LogP contribution in [-0.4, -0.2) is 29.2 Å². The average Bonchev–Trinajstić information content (AvgIpc) is 2.87. The highest BCUT2D eigenvalue weighted by Crippen LogP contribution is 2.30. The van der Waals surface area contributed by atoms with Crippen molar-refractivity contribution in [3.63, 3.8) is 0 Å². The minimum absolute atomic E-state index is 0.380. The van der Waals surface area contributed by atoms with Gasteiger partial charge in [-0.1, -0.05) is 17.7 Å². The second-order valence-corrected chi connectivity index (χ2v) is 5.23. The quantitative estimate of drug-likeness (QED) is 0.823. The van der Waals surface area contributed by atoms with Gasteiger partial charge in [-0.2, -0.15) is 0 Å². The Kier molecular flexibility index (Phi) is 4.39. The molecule has 0 bridgehead atoms. The number of hydrogen-bond acceptors (Lipinski definition) is 4. The standard InChI is InChI=1S/C15H19NO4/c1-11-4-6-12(7-5-11)16-13(17)10-20-14(18)15(19)8-2-3-9-15/h4-7,19H,2-3,8-10H2,1H3,(H,16,17). The Hall–Kier alpha value is -1.88. The largest absolute Gasteiger partial charge is 0.453 e. The number of ether oxygens (including phenoxy) is 1. The van der Waals surface area contributed by atoms with E-state index in [0.29, 0.717) is 18.5 Å². The lowest BCUT2D eigenvalue weighted by atomic mass is 10.0. The molecule has 0 unspecified atom stereocenters. The van der Waals surface area contributed by atoms with Crippen LogP contribution in [0.25, 0.3) is 0 Å². The molecule has 0 saturated heterocycles. The minimum atomic E-state index is -1.40. The van der Waals surface area contributed by atoms with Crippen molar-refractivity contribution in [1.82, 2.24) is 0 Å². The first-order chi connectivity index (χ1) is 9.49. The number of esters is 1. The Bertz CT molecular complexity index is 489. The molecule has 0 atom stereocenters. The van der Waals surface area contributed by atoms with E-state index in [2.05, 4.69) is 5.32 Å².